The van der Waals surface area contributed by atoms with E-state index < -0.39 is 0 Å². The Morgan fingerprint density at radius 2 is 1.81 bits per heavy atom. The van der Waals surface area contributed by atoms with Crippen molar-refractivity contribution >= 4 is 33.8 Å². The van der Waals surface area contributed by atoms with Crippen LogP contribution in [0.3, 0.4) is 0 Å². The van der Waals surface area contributed by atoms with Crippen LogP contribution in [-0.2, 0) is 22.6 Å². The van der Waals surface area contributed by atoms with Crippen LogP contribution in [0.2, 0.25) is 0 Å². The van der Waals surface area contributed by atoms with E-state index in [1.165, 1.54) is 0 Å². The molecule has 3 heterocycles. The summed E-state index contributed by atoms with van der Waals surface area (Å²) in [5.74, 6) is 1.75. The number of nitrogens with zero attached hydrogens (tertiary/aromatic N) is 4. The third kappa shape index (κ3) is 6.59. The summed E-state index contributed by atoms with van der Waals surface area (Å²) in [5.41, 5.74) is 9.66. The average Bonchev–Trinajstić information content (AvgIpc) is 3.63. The summed E-state index contributed by atoms with van der Waals surface area (Å²) in [6.45, 7) is 2.60. The number of H-pyrrole nitrogens is 1. The maximum Gasteiger partial charge on any atom is 0.223 e. The van der Waals surface area contributed by atoms with Crippen LogP contribution in [0.5, 0.6) is 5.88 Å². The third-order valence-electron chi connectivity index (χ3n) is 7.46. The van der Waals surface area contributed by atoms with Crippen molar-refractivity contribution in [2.45, 2.75) is 64.5 Å². The number of pyridine rings is 1. The zero-order valence-corrected chi connectivity index (χ0v) is 24.1. The Hall–Kier alpha value is -4.73. The van der Waals surface area contributed by atoms with Gasteiger partial charge in [-0.05, 0) is 37.1 Å². The smallest absolute Gasteiger partial charge is 0.223 e. The molecule has 0 aliphatic heterocycles. The number of amides is 2. The summed E-state index contributed by atoms with van der Waals surface area (Å²) in [6, 6.07) is 17.5. The molecule has 4 N–H and O–H groups in total. The van der Waals surface area contributed by atoms with Crippen molar-refractivity contribution < 1.29 is 14.3 Å². The molecule has 0 aliphatic rings. The molecule has 1 atom stereocenters. The minimum Gasteiger partial charge on any atom is -0.480 e. The minimum atomic E-state index is -0.329. The number of nitrogens with two attached hydrogens (primary N) is 1. The third-order valence-corrected chi connectivity index (χ3v) is 7.46. The number of primary amides is 1. The zero-order valence-electron chi connectivity index (χ0n) is 24.1. The van der Waals surface area contributed by atoms with E-state index in [-0.39, 0.29) is 17.9 Å². The lowest BCUT2D eigenvalue weighted by Gasteiger charge is -2.17. The lowest BCUT2D eigenvalue weighted by molar-refractivity contribution is -0.122. The van der Waals surface area contributed by atoms with Gasteiger partial charge in [0.15, 0.2) is 0 Å². The number of nitrogens with one attached hydrogen (secondary N) is 2. The number of aromatic nitrogens is 5. The molecule has 5 rings (SSSR count). The van der Waals surface area contributed by atoms with E-state index in [1.54, 1.807) is 13.3 Å². The van der Waals surface area contributed by atoms with Gasteiger partial charge in [-0.3, -0.25) is 9.59 Å². The van der Waals surface area contributed by atoms with Gasteiger partial charge < -0.3 is 25.3 Å². The Bertz CT molecular complexity index is 1690. The number of carbonyl (C=O) groups is 2. The van der Waals surface area contributed by atoms with Crippen molar-refractivity contribution in [1.29, 1.82) is 0 Å². The fraction of sp³-hybridized carbons (Fsp3) is 0.344. The summed E-state index contributed by atoms with van der Waals surface area (Å²) in [7, 11) is 1.60. The molecule has 10 nitrogen and oxygen atoms in total. The topological polar surface area (TPSA) is 141 Å². The lowest BCUT2D eigenvalue weighted by atomic mass is 10.1. The van der Waals surface area contributed by atoms with Gasteiger partial charge >= 0.3 is 0 Å². The molecule has 218 valence electrons. The minimum absolute atomic E-state index is 0.0696. The summed E-state index contributed by atoms with van der Waals surface area (Å²) in [5, 5.41) is 4.19. The first-order chi connectivity index (χ1) is 20.5. The molecule has 0 fully saturated rings. The number of carbonyl (C=O) groups excluding carboxylic acids is 2. The fourth-order valence-electron chi connectivity index (χ4n) is 5.32. The van der Waals surface area contributed by atoms with Gasteiger partial charge in [-0.15, -0.1) is 0 Å². The van der Waals surface area contributed by atoms with E-state index in [0.29, 0.717) is 43.9 Å². The highest BCUT2D eigenvalue weighted by atomic mass is 16.5. The molecular formula is C32H37N7O3. The van der Waals surface area contributed by atoms with Crippen LogP contribution in [0.15, 0.2) is 60.8 Å². The maximum atomic E-state index is 13.3. The average molecular weight is 568 g/mol. The monoisotopic (exact) mass is 567 g/mol. The van der Waals surface area contributed by atoms with Crippen molar-refractivity contribution in [2.24, 2.45) is 5.73 Å². The van der Waals surface area contributed by atoms with Crippen molar-refractivity contribution in [3.8, 4) is 17.1 Å². The number of rotatable bonds is 14. The molecule has 0 saturated carbocycles. The Labute approximate surface area is 244 Å². The van der Waals surface area contributed by atoms with E-state index in [4.69, 9.17) is 15.5 Å². The van der Waals surface area contributed by atoms with Gasteiger partial charge in [-0.1, -0.05) is 50.1 Å². The van der Waals surface area contributed by atoms with Crippen LogP contribution in [-0.4, -0.2) is 43.4 Å². The first kappa shape index (κ1) is 28.8. The SMILES string of the molecule is CCc1nc2ccccc2n1CCC(=O)NC(CCCCCC(N)=O)c1ncc(-c2cc3ccccc3nc2OC)[nH]1. The second-order valence-electron chi connectivity index (χ2n) is 10.4. The van der Waals surface area contributed by atoms with Crippen molar-refractivity contribution in [1.82, 2.24) is 29.8 Å². The summed E-state index contributed by atoms with van der Waals surface area (Å²) in [4.78, 5) is 41.9. The van der Waals surface area contributed by atoms with Crippen LogP contribution < -0.4 is 15.8 Å². The number of para-hydroxylation sites is 3. The van der Waals surface area contributed by atoms with Gasteiger partial charge in [0.05, 0.1) is 47.2 Å². The quantitative estimate of drug-likeness (QED) is 0.157. The second kappa shape index (κ2) is 13.3. The molecule has 0 saturated heterocycles. The zero-order chi connectivity index (χ0) is 29.5. The maximum absolute atomic E-state index is 13.3. The second-order valence-corrected chi connectivity index (χ2v) is 10.4. The number of hydrogen-bond donors (Lipinski definition) is 3. The van der Waals surface area contributed by atoms with Gasteiger partial charge in [-0.25, -0.2) is 15.0 Å². The van der Waals surface area contributed by atoms with E-state index in [1.807, 2.05) is 54.6 Å². The van der Waals surface area contributed by atoms with E-state index in [2.05, 4.69) is 31.8 Å². The van der Waals surface area contributed by atoms with Crippen molar-refractivity contribution in [3.05, 3.63) is 72.4 Å². The first-order valence-corrected chi connectivity index (χ1v) is 14.5. The summed E-state index contributed by atoms with van der Waals surface area (Å²) in [6.07, 6.45) is 6.21. The lowest BCUT2D eigenvalue weighted by Crippen LogP contribution is -2.30. The van der Waals surface area contributed by atoms with Crippen molar-refractivity contribution in [2.75, 3.05) is 7.11 Å². The standard InChI is InChI=1S/C32H37N7O3/c1-3-29-35-24-13-9-10-15-27(24)39(29)18-17-30(41)36-25(14-5-4-6-16-28(33)40)31-34-20-26(37-31)22-19-21-11-7-8-12-23(21)38-32(22)42-2/h7-13,15,19-20,25H,3-6,14,16-18H2,1-2H3,(H2,33,40)(H,34,37)(H,36,41). The fourth-order valence-corrected chi connectivity index (χ4v) is 5.32. The largest absolute Gasteiger partial charge is 0.480 e. The molecule has 2 aromatic carbocycles. The Kier molecular flexibility index (Phi) is 9.11. The van der Waals surface area contributed by atoms with Gasteiger partial charge in [0.1, 0.15) is 11.6 Å². The molecule has 3 aromatic heterocycles. The van der Waals surface area contributed by atoms with Crippen LogP contribution in [0.4, 0.5) is 0 Å². The van der Waals surface area contributed by atoms with Gasteiger partial charge in [-0.2, -0.15) is 0 Å². The summed E-state index contributed by atoms with van der Waals surface area (Å²) >= 11 is 0. The number of methoxy groups -OCH3 is 1. The van der Waals surface area contributed by atoms with Crippen LogP contribution in [0, 0.1) is 0 Å². The molecule has 1 unspecified atom stereocenters. The molecule has 0 spiro atoms. The Morgan fingerprint density at radius 1 is 1.02 bits per heavy atom. The van der Waals surface area contributed by atoms with Gasteiger partial charge in [0, 0.05) is 31.2 Å². The van der Waals surface area contributed by atoms with E-state index in [0.717, 1.165) is 58.3 Å². The predicted octanol–water partition coefficient (Wildman–Crippen LogP) is 5.23. The molecular weight excluding hydrogens is 530 g/mol. The molecule has 2 amide bonds. The molecule has 0 bridgehead atoms. The molecule has 0 radical (unpaired) electrons. The number of aryl methyl sites for hydroxylation is 2. The molecule has 42 heavy (non-hydrogen) atoms. The van der Waals surface area contributed by atoms with Crippen LogP contribution in [0.25, 0.3) is 33.2 Å². The highest BCUT2D eigenvalue weighted by molar-refractivity contribution is 5.85. The van der Waals surface area contributed by atoms with E-state index >= 15 is 0 Å². The molecule has 0 aliphatic carbocycles. The Balaban J connectivity index is 1.34. The van der Waals surface area contributed by atoms with E-state index in [9.17, 15) is 9.59 Å². The Morgan fingerprint density at radius 3 is 2.60 bits per heavy atom. The van der Waals surface area contributed by atoms with Crippen LogP contribution in [0.1, 0.15) is 63.1 Å². The number of hydrogen-bond acceptors (Lipinski definition) is 6. The number of benzene rings is 2. The van der Waals surface area contributed by atoms with Crippen molar-refractivity contribution in [3.63, 3.8) is 0 Å². The number of ether oxygens (including phenoxy) is 1. The predicted molar refractivity (Wildman–Crippen MR) is 163 cm³/mol. The molecule has 5 aromatic rings. The number of aromatic amines is 1. The number of fused-ring (bicyclic) bond motifs is 2. The van der Waals surface area contributed by atoms with Gasteiger partial charge in [0.2, 0.25) is 17.7 Å². The number of imidazole rings is 2. The molecule has 10 heteroatoms. The first-order valence-electron chi connectivity index (χ1n) is 14.5. The van der Waals surface area contributed by atoms with Crippen LogP contribution >= 0.6 is 0 Å². The van der Waals surface area contributed by atoms with Gasteiger partial charge in [0.25, 0.3) is 0 Å². The highest BCUT2D eigenvalue weighted by Crippen LogP contribution is 2.31. The number of unbranched alkanes of at least 4 members (excludes halogenated alkanes) is 2. The normalized spacial score (nSPS) is 12.0. The highest BCUT2D eigenvalue weighted by Gasteiger charge is 2.20. The summed E-state index contributed by atoms with van der Waals surface area (Å²) < 4.78 is 7.72.